The lowest BCUT2D eigenvalue weighted by molar-refractivity contribution is 0.110. The van der Waals surface area contributed by atoms with Crippen LogP contribution in [0.1, 0.15) is 37.3 Å². The summed E-state index contributed by atoms with van der Waals surface area (Å²) < 4.78 is 12.1. The third-order valence-electron chi connectivity index (χ3n) is 2.71. The van der Waals surface area contributed by atoms with Crippen molar-refractivity contribution in [3.05, 3.63) is 11.4 Å². The molecule has 0 saturated heterocycles. The van der Waals surface area contributed by atoms with E-state index in [0.717, 1.165) is 31.7 Å². The predicted molar refractivity (Wildman–Crippen MR) is 72.4 cm³/mol. The first kappa shape index (κ1) is 15.0. The molecule has 1 aromatic rings. The summed E-state index contributed by atoms with van der Waals surface area (Å²) in [4.78, 5) is 0.247. The van der Waals surface area contributed by atoms with E-state index in [2.05, 4.69) is 10.3 Å². The Labute approximate surface area is 112 Å². The molecule has 1 aromatic heterocycles. The van der Waals surface area contributed by atoms with E-state index < -0.39 is 0 Å². The van der Waals surface area contributed by atoms with Crippen molar-refractivity contribution in [1.82, 2.24) is 15.0 Å². The molecular formula is C11H20N4O2S. The summed E-state index contributed by atoms with van der Waals surface area (Å²) in [5.41, 5.74) is 7.02. The number of hydrogen-bond donors (Lipinski definition) is 1. The van der Waals surface area contributed by atoms with Gasteiger partial charge < -0.3 is 15.2 Å². The first-order chi connectivity index (χ1) is 8.61. The zero-order chi connectivity index (χ0) is 13.5. The van der Waals surface area contributed by atoms with Crippen LogP contribution in [0.25, 0.3) is 0 Å². The van der Waals surface area contributed by atoms with Crippen LogP contribution in [0.4, 0.5) is 0 Å². The van der Waals surface area contributed by atoms with Crippen LogP contribution >= 0.6 is 12.2 Å². The Morgan fingerprint density at radius 2 is 2.17 bits per heavy atom. The SMILES string of the molecule is COCCCCn1nnc(C(N)=S)c1C(C)OC. The molecule has 7 heteroatoms. The lowest BCUT2D eigenvalue weighted by Crippen LogP contribution is -2.17. The highest BCUT2D eigenvalue weighted by Gasteiger charge is 2.20. The number of aryl methyl sites for hydroxylation is 1. The minimum Gasteiger partial charge on any atom is -0.388 e. The predicted octanol–water partition coefficient (Wildman–Crippen LogP) is 1.05. The van der Waals surface area contributed by atoms with Gasteiger partial charge in [-0.25, -0.2) is 4.68 Å². The van der Waals surface area contributed by atoms with Gasteiger partial charge in [0.1, 0.15) is 10.7 Å². The maximum atomic E-state index is 5.64. The van der Waals surface area contributed by atoms with Gasteiger partial charge in [-0.05, 0) is 19.8 Å². The van der Waals surface area contributed by atoms with Gasteiger partial charge in [-0.15, -0.1) is 5.10 Å². The zero-order valence-electron chi connectivity index (χ0n) is 11.0. The van der Waals surface area contributed by atoms with Crippen LogP contribution in [-0.4, -0.2) is 40.8 Å². The molecule has 6 nitrogen and oxygen atoms in total. The van der Waals surface area contributed by atoms with E-state index in [1.807, 2.05) is 6.92 Å². The first-order valence-corrected chi connectivity index (χ1v) is 6.27. The molecule has 1 unspecified atom stereocenters. The number of unbranched alkanes of at least 4 members (excludes halogenated alkanes) is 1. The number of nitrogens with two attached hydrogens (primary N) is 1. The van der Waals surface area contributed by atoms with Gasteiger partial charge in [0.25, 0.3) is 0 Å². The van der Waals surface area contributed by atoms with E-state index in [-0.39, 0.29) is 11.1 Å². The molecule has 0 aromatic carbocycles. The quantitative estimate of drug-likeness (QED) is 0.563. The lowest BCUT2D eigenvalue weighted by atomic mass is 10.2. The standard InChI is InChI=1S/C11H20N4O2S/c1-8(17-3)10-9(11(12)18)13-14-15(10)6-4-5-7-16-2/h8H,4-7H2,1-3H3,(H2,12,18). The largest absolute Gasteiger partial charge is 0.388 e. The maximum Gasteiger partial charge on any atom is 0.145 e. The molecule has 0 aliphatic rings. The number of aromatic nitrogens is 3. The summed E-state index contributed by atoms with van der Waals surface area (Å²) in [6, 6.07) is 0. The molecule has 1 rings (SSSR count). The number of rotatable bonds is 8. The molecule has 102 valence electrons. The molecule has 0 saturated carbocycles. The number of hydrogen-bond acceptors (Lipinski definition) is 5. The summed E-state index contributed by atoms with van der Waals surface area (Å²) in [6.07, 6.45) is 1.79. The van der Waals surface area contributed by atoms with Gasteiger partial charge in [-0.3, -0.25) is 0 Å². The van der Waals surface area contributed by atoms with E-state index >= 15 is 0 Å². The lowest BCUT2D eigenvalue weighted by Gasteiger charge is -2.13. The molecule has 0 spiro atoms. The van der Waals surface area contributed by atoms with E-state index in [1.165, 1.54) is 0 Å². The second-order valence-electron chi connectivity index (χ2n) is 3.99. The number of thiocarbonyl (C=S) groups is 1. The molecule has 0 aliphatic heterocycles. The van der Waals surface area contributed by atoms with Crippen molar-refractivity contribution in [2.45, 2.75) is 32.4 Å². The van der Waals surface area contributed by atoms with Crippen molar-refractivity contribution in [3.63, 3.8) is 0 Å². The molecule has 1 atom stereocenters. The van der Waals surface area contributed by atoms with E-state index in [0.29, 0.717) is 5.69 Å². The highest BCUT2D eigenvalue weighted by molar-refractivity contribution is 7.80. The molecule has 18 heavy (non-hydrogen) atoms. The summed E-state index contributed by atoms with van der Waals surface area (Å²) in [7, 11) is 3.33. The molecule has 0 amide bonds. The summed E-state index contributed by atoms with van der Waals surface area (Å²) in [6.45, 7) is 3.42. The molecular weight excluding hydrogens is 252 g/mol. The molecule has 0 radical (unpaired) electrons. The van der Waals surface area contributed by atoms with E-state index in [1.54, 1.807) is 18.9 Å². The average Bonchev–Trinajstić information content (AvgIpc) is 2.77. The Morgan fingerprint density at radius 3 is 2.72 bits per heavy atom. The van der Waals surface area contributed by atoms with E-state index in [4.69, 9.17) is 27.4 Å². The van der Waals surface area contributed by atoms with Crippen molar-refractivity contribution in [2.24, 2.45) is 5.73 Å². The fourth-order valence-corrected chi connectivity index (χ4v) is 1.83. The third-order valence-corrected chi connectivity index (χ3v) is 2.91. The van der Waals surface area contributed by atoms with Crippen molar-refractivity contribution >= 4 is 17.2 Å². The smallest absolute Gasteiger partial charge is 0.145 e. The van der Waals surface area contributed by atoms with Crippen LogP contribution < -0.4 is 5.73 Å². The van der Waals surface area contributed by atoms with Gasteiger partial charge in [0.2, 0.25) is 0 Å². The zero-order valence-corrected chi connectivity index (χ0v) is 11.9. The van der Waals surface area contributed by atoms with Crippen molar-refractivity contribution in [1.29, 1.82) is 0 Å². The van der Waals surface area contributed by atoms with Crippen molar-refractivity contribution in [2.75, 3.05) is 20.8 Å². The van der Waals surface area contributed by atoms with Crippen LogP contribution in [0.3, 0.4) is 0 Å². The molecule has 2 N–H and O–H groups in total. The fraction of sp³-hybridized carbons (Fsp3) is 0.727. The van der Waals surface area contributed by atoms with Gasteiger partial charge >= 0.3 is 0 Å². The van der Waals surface area contributed by atoms with Crippen LogP contribution in [-0.2, 0) is 16.0 Å². The first-order valence-electron chi connectivity index (χ1n) is 5.86. The van der Waals surface area contributed by atoms with E-state index in [9.17, 15) is 0 Å². The highest BCUT2D eigenvalue weighted by Crippen LogP contribution is 2.19. The number of nitrogens with zero attached hydrogens (tertiary/aromatic N) is 3. The number of methoxy groups -OCH3 is 2. The monoisotopic (exact) mass is 272 g/mol. The molecule has 0 aliphatic carbocycles. The normalized spacial score (nSPS) is 12.6. The number of ether oxygens (including phenoxy) is 2. The summed E-state index contributed by atoms with van der Waals surface area (Å²) in [5.74, 6) is 0. The summed E-state index contributed by atoms with van der Waals surface area (Å²) in [5, 5.41) is 8.10. The highest BCUT2D eigenvalue weighted by atomic mass is 32.1. The van der Waals surface area contributed by atoms with Gasteiger partial charge in [-0.1, -0.05) is 17.4 Å². The second kappa shape index (κ2) is 7.40. The maximum absolute atomic E-state index is 5.64. The Hall–Kier alpha value is -1.05. The Bertz CT molecular complexity index is 394. The minimum atomic E-state index is -0.140. The Kier molecular flexibility index (Phi) is 6.17. The van der Waals surface area contributed by atoms with Crippen LogP contribution in [0.2, 0.25) is 0 Å². The molecule has 1 heterocycles. The van der Waals surface area contributed by atoms with Crippen molar-refractivity contribution in [3.8, 4) is 0 Å². The Morgan fingerprint density at radius 1 is 1.44 bits per heavy atom. The summed E-state index contributed by atoms with van der Waals surface area (Å²) >= 11 is 4.97. The third kappa shape index (κ3) is 3.72. The van der Waals surface area contributed by atoms with Gasteiger partial charge in [0.05, 0.1) is 11.8 Å². The van der Waals surface area contributed by atoms with Gasteiger partial charge in [-0.2, -0.15) is 0 Å². The van der Waals surface area contributed by atoms with Crippen LogP contribution in [0, 0.1) is 0 Å². The van der Waals surface area contributed by atoms with Crippen LogP contribution in [0.5, 0.6) is 0 Å². The van der Waals surface area contributed by atoms with Crippen LogP contribution in [0.15, 0.2) is 0 Å². The second-order valence-corrected chi connectivity index (χ2v) is 4.43. The minimum absolute atomic E-state index is 0.140. The molecule has 0 fully saturated rings. The molecule has 0 bridgehead atoms. The topological polar surface area (TPSA) is 75.2 Å². The van der Waals surface area contributed by atoms with Crippen molar-refractivity contribution < 1.29 is 9.47 Å². The average molecular weight is 272 g/mol. The fourth-order valence-electron chi connectivity index (χ4n) is 1.68. The Balaban J connectivity index is 2.80. The van der Waals surface area contributed by atoms with Gasteiger partial charge in [0, 0.05) is 27.4 Å². The van der Waals surface area contributed by atoms with Gasteiger partial charge in [0.15, 0.2) is 0 Å².